The van der Waals surface area contributed by atoms with Crippen molar-refractivity contribution in [3.05, 3.63) is 29.8 Å². The van der Waals surface area contributed by atoms with Crippen LogP contribution in [0.5, 0.6) is 0 Å². The van der Waals surface area contributed by atoms with Gasteiger partial charge in [0, 0.05) is 13.1 Å². The van der Waals surface area contributed by atoms with Crippen LogP contribution in [0.1, 0.15) is 12.0 Å². The summed E-state index contributed by atoms with van der Waals surface area (Å²) in [6.07, 6.45) is 1.80. The molecule has 0 unspecified atom stereocenters. The van der Waals surface area contributed by atoms with Crippen molar-refractivity contribution in [1.82, 2.24) is 4.31 Å². The number of hydrogen-bond acceptors (Lipinski definition) is 4. The first-order valence-electron chi connectivity index (χ1n) is 6.51. The van der Waals surface area contributed by atoms with Crippen LogP contribution in [0.25, 0.3) is 0 Å². The number of sulfonamides is 1. The topological polar surface area (TPSA) is 72.6 Å². The van der Waals surface area contributed by atoms with Crippen molar-refractivity contribution in [2.45, 2.75) is 17.7 Å². The van der Waals surface area contributed by atoms with Gasteiger partial charge in [0.1, 0.15) is 0 Å². The first kappa shape index (κ1) is 14.5. The van der Waals surface area contributed by atoms with Crippen molar-refractivity contribution in [3.8, 4) is 0 Å². The Morgan fingerprint density at radius 2 is 1.79 bits per heavy atom. The van der Waals surface area contributed by atoms with E-state index in [0.29, 0.717) is 37.7 Å². The number of aryl methyl sites for hydroxylation is 1. The van der Waals surface area contributed by atoms with Crippen molar-refractivity contribution in [2.75, 3.05) is 32.8 Å². The quantitative estimate of drug-likeness (QED) is 0.859. The van der Waals surface area contributed by atoms with Gasteiger partial charge in [-0.05, 0) is 37.1 Å². The monoisotopic (exact) mass is 284 g/mol. The molecule has 5 nitrogen and oxygen atoms in total. The summed E-state index contributed by atoms with van der Waals surface area (Å²) < 4.78 is 31.4. The molecule has 0 atom stereocenters. The minimum atomic E-state index is -3.37. The predicted molar refractivity (Wildman–Crippen MR) is 73.4 cm³/mol. The lowest BCUT2D eigenvalue weighted by Crippen LogP contribution is -2.40. The van der Waals surface area contributed by atoms with Gasteiger partial charge in [-0.1, -0.05) is 12.1 Å². The first-order valence-corrected chi connectivity index (χ1v) is 7.95. The Hall–Kier alpha value is -0.950. The summed E-state index contributed by atoms with van der Waals surface area (Å²) in [5, 5.41) is 0. The molecule has 1 aliphatic heterocycles. The highest BCUT2D eigenvalue weighted by molar-refractivity contribution is 7.89. The number of ether oxygens (including phenoxy) is 1. The predicted octanol–water partition coefficient (Wildman–Crippen LogP) is 0.599. The summed E-state index contributed by atoms with van der Waals surface area (Å²) in [5.41, 5.74) is 6.58. The van der Waals surface area contributed by atoms with Gasteiger partial charge in [0.15, 0.2) is 0 Å². The van der Waals surface area contributed by atoms with Crippen molar-refractivity contribution in [1.29, 1.82) is 0 Å². The molecule has 1 saturated heterocycles. The zero-order chi connectivity index (χ0) is 13.7. The molecular weight excluding hydrogens is 264 g/mol. The molecule has 1 fully saturated rings. The van der Waals surface area contributed by atoms with Crippen LogP contribution in [-0.4, -0.2) is 45.6 Å². The van der Waals surface area contributed by atoms with Gasteiger partial charge in [-0.3, -0.25) is 0 Å². The Bertz CT molecular complexity index is 493. The first-order chi connectivity index (χ1) is 9.14. The van der Waals surface area contributed by atoms with E-state index in [0.717, 1.165) is 18.4 Å². The van der Waals surface area contributed by atoms with Crippen molar-refractivity contribution >= 4 is 10.0 Å². The van der Waals surface area contributed by atoms with E-state index in [1.54, 1.807) is 12.1 Å². The second-order valence-corrected chi connectivity index (χ2v) is 6.49. The van der Waals surface area contributed by atoms with Gasteiger partial charge in [0.25, 0.3) is 0 Å². The molecule has 0 bridgehead atoms. The van der Waals surface area contributed by atoms with Crippen LogP contribution in [0.3, 0.4) is 0 Å². The highest BCUT2D eigenvalue weighted by atomic mass is 32.2. The van der Waals surface area contributed by atoms with Gasteiger partial charge in [0.2, 0.25) is 10.0 Å². The van der Waals surface area contributed by atoms with E-state index in [9.17, 15) is 8.42 Å². The van der Waals surface area contributed by atoms with Crippen LogP contribution in [0, 0.1) is 0 Å². The Labute approximate surface area is 114 Å². The van der Waals surface area contributed by atoms with Crippen LogP contribution in [0.15, 0.2) is 29.2 Å². The normalized spacial score (nSPS) is 17.5. The third-order valence-corrected chi connectivity index (χ3v) is 5.11. The number of hydrogen-bond donors (Lipinski definition) is 1. The number of nitrogens with zero attached hydrogens (tertiary/aromatic N) is 1. The van der Waals surface area contributed by atoms with E-state index in [-0.39, 0.29) is 0 Å². The van der Waals surface area contributed by atoms with Gasteiger partial charge < -0.3 is 10.5 Å². The van der Waals surface area contributed by atoms with Crippen LogP contribution in [-0.2, 0) is 21.2 Å². The molecule has 106 valence electrons. The smallest absolute Gasteiger partial charge is 0.243 e. The molecule has 0 radical (unpaired) electrons. The fourth-order valence-corrected chi connectivity index (χ4v) is 3.48. The summed E-state index contributed by atoms with van der Waals surface area (Å²) in [4.78, 5) is 0.353. The highest BCUT2D eigenvalue weighted by Crippen LogP contribution is 2.18. The zero-order valence-corrected chi connectivity index (χ0v) is 11.7. The number of benzene rings is 1. The molecule has 0 amide bonds. The van der Waals surface area contributed by atoms with E-state index in [1.165, 1.54) is 4.31 Å². The van der Waals surface area contributed by atoms with Crippen molar-refractivity contribution < 1.29 is 13.2 Å². The van der Waals surface area contributed by atoms with Crippen LogP contribution in [0.4, 0.5) is 0 Å². The van der Waals surface area contributed by atoms with Crippen molar-refractivity contribution in [3.63, 3.8) is 0 Å². The molecule has 6 heteroatoms. The van der Waals surface area contributed by atoms with Gasteiger partial charge >= 0.3 is 0 Å². The lowest BCUT2D eigenvalue weighted by molar-refractivity contribution is 0.0730. The van der Waals surface area contributed by atoms with E-state index in [2.05, 4.69) is 0 Å². The van der Waals surface area contributed by atoms with Gasteiger partial charge in [-0.15, -0.1) is 0 Å². The lowest BCUT2D eigenvalue weighted by atomic mass is 10.1. The maximum absolute atomic E-state index is 12.4. The van der Waals surface area contributed by atoms with E-state index >= 15 is 0 Å². The molecular formula is C13H20N2O3S. The Morgan fingerprint density at radius 3 is 2.37 bits per heavy atom. The molecule has 19 heavy (non-hydrogen) atoms. The zero-order valence-electron chi connectivity index (χ0n) is 10.9. The van der Waals surface area contributed by atoms with Gasteiger partial charge in [-0.2, -0.15) is 4.31 Å². The maximum Gasteiger partial charge on any atom is 0.243 e. The van der Waals surface area contributed by atoms with Crippen LogP contribution < -0.4 is 5.73 Å². The highest BCUT2D eigenvalue weighted by Gasteiger charge is 2.25. The summed E-state index contributed by atoms with van der Waals surface area (Å²) >= 11 is 0. The summed E-state index contributed by atoms with van der Waals surface area (Å²) in [7, 11) is -3.37. The summed E-state index contributed by atoms with van der Waals surface area (Å²) in [6, 6.07) is 7.08. The molecule has 0 aromatic heterocycles. The summed E-state index contributed by atoms with van der Waals surface area (Å²) in [5.74, 6) is 0. The minimum absolute atomic E-state index is 0.353. The molecule has 0 aliphatic carbocycles. The van der Waals surface area contributed by atoms with E-state index < -0.39 is 10.0 Å². The van der Waals surface area contributed by atoms with Crippen LogP contribution in [0.2, 0.25) is 0 Å². The average molecular weight is 284 g/mol. The number of morpholine rings is 1. The third-order valence-electron chi connectivity index (χ3n) is 3.20. The Kier molecular flexibility index (Phi) is 4.93. The molecule has 0 saturated carbocycles. The number of rotatable bonds is 5. The third kappa shape index (κ3) is 3.54. The molecule has 0 spiro atoms. The molecule has 1 aromatic rings. The Balaban J connectivity index is 2.11. The summed E-state index contributed by atoms with van der Waals surface area (Å²) in [6.45, 7) is 2.43. The standard InChI is InChI=1S/C13H20N2O3S/c14-7-1-2-12-3-5-13(6-4-12)19(16,17)15-8-10-18-11-9-15/h3-6H,1-2,7-11,14H2. The largest absolute Gasteiger partial charge is 0.379 e. The van der Waals surface area contributed by atoms with E-state index in [1.807, 2.05) is 12.1 Å². The van der Waals surface area contributed by atoms with Crippen LogP contribution >= 0.6 is 0 Å². The minimum Gasteiger partial charge on any atom is -0.379 e. The fraction of sp³-hybridized carbons (Fsp3) is 0.538. The second-order valence-electron chi connectivity index (χ2n) is 4.55. The molecule has 1 heterocycles. The average Bonchev–Trinajstić information content (AvgIpc) is 2.46. The fourth-order valence-electron chi connectivity index (χ4n) is 2.07. The van der Waals surface area contributed by atoms with E-state index in [4.69, 9.17) is 10.5 Å². The molecule has 2 N–H and O–H groups in total. The molecule has 2 rings (SSSR count). The lowest BCUT2D eigenvalue weighted by Gasteiger charge is -2.26. The molecule has 1 aromatic carbocycles. The second kappa shape index (κ2) is 6.47. The Morgan fingerprint density at radius 1 is 1.16 bits per heavy atom. The van der Waals surface area contributed by atoms with Gasteiger partial charge in [0.05, 0.1) is 18.1 Å². The maximum atomic E-state index is 12.4. The number of nitrogens with two attached hydrogens (primary N) is 1. The molecule has 1 aliphatic rings. The van der Waals surface area contributed by atoms with Crippen molar-refractivity contribution in [2.24, 2.45) is 5.73 Å². The van der Waals surface area contributed by atoms with Gasteiger partial charge in [-0.25, -0.2) is 8.42 Å². The SMILES string of the molecule is NCCCc1ccc(S(=O)(=O)N2CCOCC2)cc1.